The summed E-state index contributed by atoms with van der Waals surface area (Å²) in [5.74, 6) is 0. The maximum Gasteiger partial charge on any atom is 0.0741 e. The number of nitrogens with zero attached hydrogens (tertiary/aromatic N) is 1. The molecule has 2 aromatic rings. The highest BCUT2D eigenvalue weighted by Crippen LogP contribution is 2.28. The van der Waals surface area contributed by atoms with Gasteiger partial charge in [-0.05, 0) is 51.8 Å². The highest BCUT2D eigenvalue weighted by atomic mass is 79.9. The van der Waals surface area contributed by atoms with Gasteiger partial charge in [-0.3, -0.25) is 4.98 Å². The molecule has 0 aliphatic rings. The quantitative estimate of drug-likeness (QED) is 0.895. The Kier molecular flexibility index (Phi) is 4.05. The Morgan fingerprint density at radius 1 is 1.18 bits per heavy atom. The third kappa shape index (κ3) is 2.99. The van der Waals surface area contributed by atoms with Crippen LogP contribution in [0.3, 0.4) is 0 Å². The average molecular weight is 332 g/mol. The van der Waals surface area contributed by atoms with Crippen LogP contribution in [0.2, 0.25) is 10.0 Å². The van der Waals surface area contributed by atoms with Gasteiger partial charge in [0, 0.05) is 20.7 Å². The molecule has 2 rings (SSSR count). The van der Waals surface area contributed by atoms with Crippen molar-refractivity contribution in [2.45, 2.75) is 6.04 Å². The summed E-state index contributed by atoms with van der Waals surface area (Å²) in [6, 6.07) is 8.59. The van der Waals surface area contributed by atoms with Gasteiger partial charge in [0.05, 0.1) is 11.7 Å². The minimum Gasteiger partial charge on any atom is -0.319 e. The van der Waals surface area contributed by atoms with E-state index in [0.717, 1.165) is 15.7 Å². The van der Waals surface area contributed by atoms with E-state index in [1.165, 1.54) is 0 Å². The van der Waals surface area contributed by atoms with Crippen LogP contribution in [0.25, 0.3) is 0 Å². The van der Waals surface area contributed by atoms with Crippen LogP contribution >= 0.6 is 39.1 Å². The molecule has 0 aliphatic heterocycles. The van der Waals surface area contributed by atoms with E-state index in [9.17, 15) is 0 Å². The summed E-state index contributed by atoms with van der Waals surface area (Å²) in [5.41, 5.74) is 7.63. The van der Waals surface area contributed by atoms with Gasteiger partial charge in [-0.1, -0.05) is 23.2 Å². The number of hydrogen-bond acceptors (Lipinski definition) is 2. The zero-order valence-electron chi connectivity index (χ0n) is 8.70. The number of nitrogens with two attached hydrogens (primary N) is 1. The van der Waals surface area contributed by atoms with Crippen LogP contribution in [0.5, 0.6) is 0 Å². The van der Waals surface area contributed by atoms with Gasteiger partial charge in [0.15, 0.2) is 0 Å². The molecule has 1 aromatic carbocycles. The molecule has 2 nitrogen and oxygen atoms in total. The van der Waals surface area contributed by atoms with E-state index in [4.69, 9.17) is 28.9 Å². The molecule has 0 amide bonds. The molecular formula is C12H9BrCl2N2. The van der Waals surface area contributed by atoms with E-state index in [0.29, 0.717) is 10.0 Å². The standard InChI is InChI=1S/C12H9BrCl2N2/c13-7-1-4-11(17-6-7)12(16)9-5-8(14)2-3-10(9)15/h1-6,12H,16H2. The molecule has 0 aliphatic carbocycles. The minimum atomic E-state index is -0.380. The lowest BCUT2D eigenvalue weighted by molar-refractivity contribution is 0.828. The second kappa shape index (κ2) is 5.36. The lowest BCUT2D eigenvalue weighted by Crippen LogP contribution is -2.13. The van der Waals surface area contributed by atoms with Crippen LogP contribution in [0.1, 0.15) is 17.3 Å². The number of hydrogen-bond donors (Lipinski definition) is 1. The molecule has 0 saturated carbocycles. The first kappa shape index (κ1) is 12.8. The van der Waals surface area contributed by atoms with Gasteiger partial charge in [0.1, 0.15) is 0 Å². The number of rotatable bonds is 2. The van der Waals surface area contributed by atoms with Gasteiger partial charge in [-0.15, -0.1) is 0 Å². The molecule has 0 saturated heterocycles. The Bertz CT molecular complexity index is 529. The Morgan fingerprint density at radius 2 is 1.94 bits per heavy atom. The van der Waals surface area contributed by atoms with E-state index < -0.39 is 0 Å². The lowest BCUT2D eigenvalue weighted by atomic mass is 10.0. The number of benzene rings is 1. The smallest absolute Gasteiger partial charge is 0.0741 e. The Hall–Kier alpha value is -0.610. The number of halogens is 3. The van der Waals surface area contributed by atoms with Crippen LogP contribution in [0.4, 0.5) is 0 Å². The molecule has 1 heterocycles. The van der Waals surface area contributed by atoms with E-state index in [-0.39, 0.29) is 6.04 Å². The molecule has 0 radical (unpaired) electrons. The maximum atomic E-state index is 6.12. The second-order valence-corrected chi connectivity index (χ2v) is 5.30. The maximum absolute atomic E-state index is 6.12. The first-order valence-electron chi connectivity index (χ1n) is 4.90. The van der Waals surface area contributed by atoms with Crippen LogP contribution in [-0.2, 0) is 0 Å². The number of aromatic nitrogens is 1. The highest BCUT2D eigenvalue weighted by Gasteiger charge is 2.14. The zero-order chi connectivity index (χ0) is 12.4. The summed E-state index contributed by atoms with van der Waals surface area (Å²) in [4.78, 5) is 4.25. The summed E-state index contributed by atoms with van der Waals surface area (Å²) >= 11 is 15.4. The summed E-state index contributed by atoms with van der Waals surface area (Å²) in [5, 5.41) is 1.20. The molecule has 88 valence electrons. The van der Waals surface area contributed by atoms with Crippen LogP contribution in [0, 0.1) is 0 Å². The van der Waals surface area contributed by atoms with Gasteiger partial charge in [0.25, 0.3) is 0 Å². The van der Waals surface area contributed by atoms with Crippen LogP contribution in [-0.4, -0.2) is 4.98 Å². The van der Waals surface area contributed by atoms with Gasteiger partial charge in [-0.25, -0.2) is 0 Å². The topological polar surface area (TPSA) is 38.9 Å². The van der Waals surface area contributed by atoms with Crippen molar-refractivity contribution in [3.05, 3.63) is 62.3 Å². The molecule has 2 N–H and O–H groups in total. The average Bonchev–Trinajstić information content (AvgIpc) is 2.32. The van der Waals surface area contributed by atoms with Gasteiger partial charge >= 0.3 is 0 Å². The van der Waals surface area contributed by atoms with Crippen molar-refractivity contribution in [2.75, 3.05) is 0 Å². The third-order valence-electron chi connectivity index (χ3n) is 2.36. The predicted octanol–water partition coefficient (Wildman–Crippen LogP) is 4.20. The van der Waals surface area contributed by atoms with E-state index >= 15 is 0 Å². The van der Waals surface area contributed by atoms with Gasteiger partial charge < -0.3 is 5.73 Å². The summed E-state index contributed by atoms with van der Waals surface area (Å²) in [6.07, 6.45) is 1.70. The van der Waals surface area contributed by atoms with Crippen molar-refractivity contribution >= 4 is 39.1 Å². The van der Waals surface area contributed by atoms with Crippen molar-refractivity contribution < 1.29 is 0 Å². The first-order valence-corrected chi connectivity index (χ1v) is 6.45. The number of pyridine rings is 1. The van der Waals surface area contributed by atoms with E-state index in [1.807, 2.05) is 12.1 Å². The molecule has 1 unspecified atom stereocenters. The fourth-order valence-electron chi connectivity index (χ4n) is 1.48. The molecule has 1 aromatic heterocycles. The molecule has 0 fully saturated rings. The Labute approximate surface area is 118 Å². The summed E-state index contributed by atoms with van der Waals surface area (Å²) in [7, 11) is 0. The fourth-order valence-corrected chi connectivity index (χ4v) is 2.13. The largest absolute Gasteiger partial charge is 0.319 e. The lowest BCUT2D eigenvalue weighted by Gasteiger charge is -2.13. The third-order valence-corrected chi connectivity index (χ3v) is 3.41. The van der Waals surface area contributed by atoms with Crippen molar-refractivity contribution in [2.24, 2.45) is 5.73 Å². The van der Waals surface area contributed by atoms with Crippen molar-refractivity contribution in [1.82, 2.24) is 4.98 Å². The molecule has 1 atom stereocenters. The van der Waals surface area contributed by atoms with Crippen molar-refractivity contribution in [1.29, 1.82) is 0 Å². The van der Waals surface area contributed by atoms with Gasteiger partial charge in [0.2, 0.25) is 0 Å². The molecular weight excluding hydrogens is 323 g/mol. The summed E-state index contributed by atoms with van der Waals surface area (Å²) in [6.45, 7) is 0. The molecule has 0 spiro atoms. The predicted molar refractivity (Wildman–Crippen MR) is 74.4 cm³/mol. The Morgan fingerprint density at radius 3 is 2.59 bits per heavy atom. The van der Waals surface area contributed by atoms with Crippen LogP contribution < -0.4 is 5.73 Å². The zero-order valence-corrected chi connectivity index (χ0v) is 11.8. The van der Waals surface area contributed by atoms with Gasteiger partial charge in [-0.2, -0.15) is 0 Å². The molecule has 17 heavy (non-hydrogen) atoms. The Balaban J connectivity index is 2.39. The van der Waals surface area contributed by atoms with Crippen LogP contribution in [0.15, 0.2) is 41.0 Å². The van der Waals surface area contributed by atoms with E-state index in [1.54, 1.807) is 24.4 Å². The first-order chi connectivity index (χ1) is 8.08. The summed E-state index contributed by atoms with van der Waals surface area (Å²) < 4.78 is 0.908. The highest BCUT2D eigenvalue weighted by molar-refractivity contribution is 9.10. The monoisotopic (exact) mass is 330 g/mol. The fraction of sp³-hybridized carbons (Fsp3) is 0.0833. The minimum absolute atomic E-state index is 0.380. The SMILES string of the molecule is NC(c1ccc(Br)cn1)c1cc(Cl)ccc1Cl. The second-order valence-electron chi connectivity index (χ2n) is 3.54. The van der Waals surface area contributed by atoms with Crippen molar-refractivity contribution in [3.8, 4) is 0 Å². The molecule has 0 bridgehead atoms. The normalized spacial score (nSPS) is 12.5. The van der Waals surface area contributed by atoms with Crippen molar-refractivity contribution in [3.63, 3.8) is 0 Å². The van der Waals surface area contributed by atoms with E-state index in [2.05, 4.69) is 20.9 Å². The molecule has 5 heteroatoms.